The SMILES string of the molecule is O=C(O)C1=CN=NC=CC1. The number of aliphatic carboxylic acids is 1. The van der Waals surface area contributed by atoms with Crippen LogP contribution in [-0.2, 0) is 4.79 Å². The molecular weight excluding hydrogens is 132 g/mol. The number of hydrogen-bond donors (Lipinski definition) is 1. The number of rotatable bonds is 1. The van der Waals surface area contributed by atoms with Gasteiger partial charge in [-0.1, -0.05) is 6.08 Å². The Morgan fingerprint density at radius 1 is 1.60 bits per heavy atom. The van der Waals surface area contributed by atoms with E-state index in [4.69, 9.17) is 5.11 Å². The van der Waals surface area contributed by atoms with E-state index in [9.17, 15) is 4.79 Å². The van der Waals surface area contributed by atoms with E-state index in [1.165, 1.54) is 12.4 Å². The van der Waals surface area contributed by atoms with Gasteiger partial charge in [0.1, 0.15) is 0 Å². The molecule has 1 heterocycles. The van der Waals surface area contributed by atoms with Gasteiger partial charge < -0.3 is 5.11 Å². The summed E-state index contributed by atoms with van der Waals surface area (Å²) in [5.41, 5.74) is 0.262. The molecule has 10 heavy (non-hydrogen) atoms. The summed E-state index contributed by atoms with van der Waals surface area (Å²) in [6, 6.07) is 0. The van der Waals surface area contributed by atoms with Crippen LogP contribution in [-0.4, -0.2) is 11.1 Å². The molecule has 1 rings (SSSR count). The van der Waals surface area contributed by atoms with Crippen LogP contribution in [0.4, 0.5) is 0 Å². The van der Waals surface area contributed by atoms with Gasteiger partial charge in [-0.2, -0.15) is 10.2 Å². The van der Waals surface area contributed by atoms with Crippen molar-refractivity contribution in [3.8, 4) is 0 Å². The number of hydrogen-bond acceptors (Lipinski definition) is 3. The first kappa shape index (κ1) is 6.67. The average Bonchev–Trinajstić information content (AvgIpc) is 2.12. The normalized spacial score (nSPS) is 16.2. The standard InChI is InChI=1S/C6H6N2O2/c9-6(10)5-2-1-3-7-8-4-5/h1,3-4H,2H2,(H,9,10). The van der Waals surface area contributed by atoms with Crippen molar-refractivity contribution >= 4 is 5.97 Å². The number of carboxylic acids is 1. The Hall–Kier alpha value is -1.45. The molecule has 4 nitrogen and oxygen atoms in total. The van der Waals surface area contributed by atoms with Crippen LogP contribution >= 0.6 is 0 Å². The van der Waals surface area contributed by atoms with Crippen molar-refractivity contribution in [2.75, 3.05) is 0 Å². The summed E-state index contributed by atoms with van der Waals surface area (Å²) in [5.74, 6) is -0.939. The molecule has 0 atom stereocenters. The molecule has 0 amide bonds. The third-order valence-corrected chi connectivity index (χ3v) is 1.06. The van der Waals surface area contributed by atoms with Gasteiger partial charge in [0.2, 0.25) is 0 Å². The quantitative estimate of drug-likeness (QED) is 0.594. The number of nitrogens with zero attached hydrogens (tertiary/aromatic N) is 2. The highest BCUT2D eigenvalue weighted by molar-refractivity contribution is 5.86. The maximum Gasteiger partial charge on any atom is 0.333 e. The third-order valence-electron chi connectivity index (χ3n) is 1.06. The van der Waals surface area contributed by atoms with Gasteiger partial charge >= 0.3 is 5.97 Å². The summed E-state index contributed by atoms with van der Waals surface area (Å²) in [5, 5.41) is 15.4. The zero-order valence-electron chi connectivity index (χ0n) is 5.19. The van der Waals surface area contributed by atoms with Gasteiger partial charge in [0.25, 0.3) is 0 Å². The molecule has 4 heteroatoms. The monoisotopic (exact) mass is 138 g/mol. The minimum atomic E-state index is -0.939. The van der Waals surface area contributed by atoms with Gasteiger partial charge in [-0.15, -0.1) is 0 Å². The lowest BCUT2D eigenvalue weighted by molar-refractivity contribution is -0.132. The zero-order valence-corrected chi connectivity index (χ0v) is 5.19. The topological polar surface area (TPSA) is 62.0 Å². The predicted octanol–water partition coefficient (Wildman–Crippen LogP) is 1.32. The van der Waals surface area contributed by atoms with Crippen molar-refractivity contribution < 1.29 is 9.90 Å². The van der Waals surface area contributed by atoms with E-state index in [1.54, 1.807) is 6.08 Å². The Labute approximate surface area is 57.6 Å². The fraction of sp³-hybridized carbons (Fsp3) is 0.167. The molecule has 0 unspecified atom stereocenters. The summed E-state index contributed by atoms with van der Waals surface area (Å²) in [7, 11) is 0. The van der Waals surface area contributed by atoms with E-state index < -0.39 is 5.97 Å². The average molecular weight is 138 g/mol. The second-order valence-corrected chi connectivity index (χ2v) is 1.78. The Bertz CT molecular complexity index is 228. The van der Waals surface area contributed by atoms with Crippen LogP contribution in [0.5, 0.6) is 0 Å². The minimum Gasteiger partial charge on any atom is -0.478 e. The van der Waals surface area contributed by atoms with Crippen LogP contribution in [0.1, 0.15) is 6.42 Å². The maximum absolute atomic E-state index is 10.3. The third kappa shape index (κ3) is 1.51. The highest BCUT2D eigenvalue weighted by Gasteiger charge is 2.04. The molecular formula is C6H6N2O2. The Balaban J connectivity index is 2.78. The molecule has 1 aliphatic rings. The highest BCUT2D eigenvalue weighted by atomic mass is 16.4. The van der Waals surface area contributed by atoms with Crippen LogP contribution < -0.4 is 0 Å². The van der Waals surface area contributed by atoms with E-state index in [0.717, 1.165) is 0 Å². The Morgan fingerprint density at radius 2 is 2.40 bits per heavy atom. The van der Waals surface area contributed by atoms with Gasteiger partial charge in [-0.25, -0.2) is 4.79 Å². The number of carbonyl (C=O) groups is 1. The summed E-state index contributed by atoms with van der Waals surface area (Å²) in [6.07, 6.45) is 4.77. The van der Waals surface area contributed by atoms with Crippen molar-refractivity contribution in [3.63, 3.8) is 0 Å². The molecule has 0 aromatic heterocycles. The number of azo groups is 1. The lowest BCUT2D eigenvalue weighted by Crippen LogP contribution is -1.98. The van der Waals surface area contributed by atoms with E-state index in [2.05, 4.69) is 10.2 Å². The first-order chi connectivity index (χ1) is 4.80. The fourth-order valence-electron chi connectivity index (χ4n) is 0.564. The van der Waals surface area contributed by atoms with E-state index in [1.807, 2.05) is 0 Å². The first-order valence-corrected chi connectivity index (χ1v) is 2.78. The van der Waals surface area contributed by atoms with Crippen molar-refractivity contribution in [1.82, 2.24) is 0 Å². The minimum absolute atomic E-state index is 0.262. The van der Waals surface area contributed by atoms with Crippen LogP contribution in [0.2, 0.25) is 0 Å². The second-order valence-electron chi connectivity index (χ2n) is 1.78. The van der Waals surface area contributed by atoms with Crippen molar-refractivity contribution in [3.05, 3.63) is 24.0 Å². The lowest BCUT2D eigenvalue weighted by atomic mass is 10.2. The zero-order chi connectivity index (χ0) is 7.40. The van der Waals surface area contributed by atoms with Crippen molar-refractivity contribution in [2.45, 2.75) is 6.42 Å². The number of allylic oxidation sites excluding steroid dienone is 1. The molecule has 1 aliphatic heterocycles. The molecule has 0 saturated heterocycles. The van der Waals surface area contributed by atoms with Crippen molar-refractivity contribution in [1.29, 1.82) is 0 Å². The molecule has 0 saturated carbocycles. The predicted molar refractivity (Wildman–Crippen MR) is 34.3 cm³/mol. The first-order valence-electron chi connectivity index (χ1n) is 2.78. The summed E-state index contributed by atoms with van der Waals surface area (Å²) < 4.78 is 0. The molecule has 0 aliphatic carbocycles. The molecule has 0 spiro atoms. The van der Waals surface area contributed by atoms with Crippen molar-refractivity contribution in [2.24, 2.45) is 10.2 Å². The largest absolute Gasteiger partial charge is 0.478 e. The molecule has 0 aromatic carbocycles. The lowest BCUT2D eigenvalue weighted by Gasteiger charge is -1.90. The van der Waals surface area contributed by atoms with E-state index in [-0.39, 0.29) is 5.57 Å². The van der Waals surface area contributed by atoms with Gasteiger partial charge in [0, 0.05) is 12.6 Å². The molecule has 0 aromatic rings. The van der Waals surface area contributed by atoms with Crippen LogP contribution in [0, 0.1) is 0 Å². The number of carboxylic acid groups (broad SMARTS) is 1. The summed E-state index contributed by atoms with van der Waals surface area (Å²) in [6.45, 7) is 0. The van der Waals surface area contributed by atoms with E-state index >= 15 is 0 Å². The summed E-state index contributed by atoms with van der Waals surface area (Å²) >= 11 is 0. The molecule has 52 valence electrons. The van der Waals surface area contributed by atoms with Crippen LogP contribution in [0.25, 0.3) is 0 Å². The second kappa shape index (κ2) is 2.91. The molecule has 1 N–H and O–H groups in total. The Kier molecular flexibility index (Phi) is 1.94. The van der Waals surface area contributed by atoms with Gasteiger partial charge in [-0.05, 0) is 0 Å². The highest BCUT2D eigenvalue weighted by Crippen LogP contribution is 2.06. The maximum atomic E-state index is 10.3. The van der Waals surface area contributed by atoms with Gasteiger partial charge in [0.05, 0.1) is 11.8 Å². The fourth-order valence-corrected chi connectivity index (χ4v) is 0.564. The molecule has 0 fully saturated rings. The summed E-state index contributed by atoms with van der Waals surface area (Å²) in [4.78, 5) is 10.3. The van der Waals surface area contributed by atoms with Gasteiger partial charge in [0.15, 0.2) is 0 Å². The van der Waals surface area contributed by atoms with Crippen LogP contribution in [0.3, 0.4) is 0 Å². The molecule has 0 bridgehead atoms. The molecule has 0 radical (unpaired) electrons. The Morgan fingerprint density at radius 3 is 3.10 bits per heavy atom. The van der Waals surface area contributed by atoms with Gasteiger partial charge in [-0.3, -0.25) is 0 Å². The smallest absolute Gasteiger partial charge is 0.333 e. The van der Waals surface area contributed by atoms with E-state index in [0.29, 0.717) is 6.42 Å². The van der Waals surface area contributed by atoms with Crippen LogP contribution in [0.15, 0.2) is 34.3 Å².